The number of carbonyl (C=O) groups is 1. The molecule has 172 valence electrons. The molecule has 32 heavy (non-hydrogen) atoms. The van der Waals surface area contributed by atoms with Crippen LogP contribution in [0.25, 0.3) is 10.2 Å². The SMILES string of the molecule is COc1ccc2nc(N(CCCN3CCOCC3)C(=O)c3ccccc3SC)sc2c1.Cl. The molecule has 1 aliphatic heterocycles. The maximum absolute atomic E-state index is 13.6. The van der Waals surface area contributed by atoms with Crippen LogP contribution in [-0.4, -0.2) is 68.5 Å². The van der Waals surface area contributed by atoms with E-state index in [1.807, 2.05) is 53.6 Å². The summed E-state index contributed by atoms with van der Waals surface area (Å²) in [5.41, 5.74) is 1.60. The van der Waals surface area contributed by atoms with Crippen molar-refractivity contribution in [2.24, 2.45) is 0 Å². The Kier molecular flexibility index (Phi) is 9.19. The summed E-state index contributed by atoms with van der Waals surface area (Å²) in [7, 11) is 1.66. The molecule has 1 amide bonds. The summed E-state index contributed by atoms with van der Waals surface area (Å²) in [6.45, 7) is 5.02. The zero-order valence-corrected chi connectivity index (χ0v) is 20.7. The Morgan fingerprint density at radius 3 is 2.78 bits per heavy atom. The van der Waals surface area contributed by atoms with Gasteiger partial charge in [-0.15, -0.1) is 24.2 Å². The number of anilines is 1. The standard InChI is InChI=1S/C23H27N3O3S2.ClH/c1-28-17-8-9-19-21(16-17)31-23(24-19)26(11-5-10-25-12-14-29-15-13-25)22(27)18-6-3-4-7-20(18)30-2;/h3-4,6-9,16H,5,10-15H2,1-2H3;1H. The van der Waals surface area contributed by atoms with Gasteiger partial charge in [0.1, 0.15) is 5.75 Å². The average Bonchev–Trinajstić information content (AvgIpc) is 3.25. The first-order valence-corrected chi connectivity index (χ1v) is 12.4. The predicted molar refractivity (Wildman–Crippen MR) is 135 cm³/mol. The van der Waals surface area contributed by atoms with E-state index >= 15 is 0 Å². The molecule has 1 fully saturated rings. The first-order valence-electron chi connectivity index (χ1n) is 10.4. The highest BCUT2D eigenvalue weighted by molar-refractivity contribution is 7.98. The van der Waals surface area contributed by atoms with E-state index in [9.17, 15) is 4.79 Å². The van der Waals surface area contributed by atoms with Gasteiger partial charge in [-0.2, -0.15) is 0 Å². The lowest BCUT2D eigenvalue weighted by Gasteiger charge is -2.28. The van der Waals surface area contributed by atoms with Gasteiger partial charge in [-0.25, -0.2) is 4.98 Å². The van der Waals surface area contributed by atoms with E-state index in [0.717, 1.165) is 70.8 Å². The molecule has 0 saturated carbocycles. The second kappa shape index (κ2) is 11.9. The molecule has 9 heteroatoms. The number of hydrogen-bond acceptors (Lipinski definition) is 7. The minimum absolute atomic E-state index is 0. The monoisotopic (exact) mass is 493 g/mol. The van der Waals surface area contributed by atoms with Gasteiger partial charge in [-0.3, -0.25) is 14.6 Å². The van der Waals surface area contributed by atoms with Crippen molar-refractivity contribution in [3.8, 4) is 5.75 Å². The molecular formula is C23H28ClN3O3S2. The Morgan fingerprint density at radius 1 is 1.25 bits per heavy atom. The van der Waals surface area contributed by atoms with Gasteiger partial charge in [0.2, 0.25) is 0 Å². The van der Waals surface area contributed by atoms with E-state index in [1.165, 1.54) is 11.3 Å². The first kappa shape index (κ1) is 24.8. The highest BCUT2D eigenvalue weighted by atomic mass is 35.5. The van der Waals surface area contributed by atoms with Crippen molar-refractivity contribution in [1.82, 2.24) is 9.88 Å². The third-order valence-corrected chi connectivity index (χ3v) is 7.19. The number of rotatable bonds is 8. The van der Waals surface area contributed by atoms with Crippen molar-refractivity contribution < 1.29 is 14.3 Å². The largest absolute Gasteiger partial charge is 0.497 e. The van der Waals surface area contributed by atoms with E-state index in [2.05, 4.69) is 4.90 Å². The molecule has 0 bridgehead atoms. The third kappa shape index (κ3) is 5.74. The van der Waals surface area contributed by atoms with Crippen LogP contribution in [0.3, 0.4) is 0 Å². The fourth-order valence-electron chi connectivity index (χ4n) is 3.66. The number of thioether (sulfide) groups is 1. The van der Waals surface area contributed by atoms with Gasteiger partial charge in [-0.05, 0) is 43.0 Å². The number of amides is 1. The van der Waals surface area contributed by atoms with Crippen molar-refractivity contribution >= 4 is 56.8 Å². The lowest BCUT2D eigenvalue weighted by molar-refractivity contribution is 0.0376. The summed E-state index contributed by atoms with van der Waals surface area (Å²) in [5, 5.41) is 0.728. The molecule has 0 N–H and O–H groups in total. The van der Waals surface area contributed by atoms with Gasteiger partial charge < -0.3 is 9.47 Å². The summed E-state index contributed by atoms with van der Waals surface area (Å²) in [6.07, 6.45) is 2.88. The van der Waals surface area contributed by atoms with Gasteiger partial charge in [0.15, 0.2) is 5.13 Å². The first-order chi connectivity index (χ1) is 15.2. The number of benzene rings is 2. The number of hydrogen-bond donors (Lipinski definition) is 0. The Morgan fingerprint density at radius 2 is 2.03 bits per heavy atom. The van der Waals surface area contributed by atoms with Crippen LogP contribution in [0.15, 0.2) is 47.4 Å². The third-order valence-electron chi connectivity index (χ3n) is 5.36. The molecular weight excluding hydrogens is 466 g/mol. The Bertz CT molecular complexity index is 1040. The van der Waals surface area contributed by atoms with Crippen LogP contribution in [0.2, 0.25) is 0 Å². The van der Waals surface area contributed by atoms with Crippen LogP contribution >= 0.6 is 35.5 Å². The van der Waals surface area contributed by atoms with E-state index in [1.54, 1.807) is 18.9 Å². The zero-order valence-electron chi connectivity index (χ0n) is 18.3. The molecule has 4 rings (SSSR count). The van der Waals surface area contributed by atoms with Crippen molar-refractivity contribution in [2.75, 3.05) is 57.7 Å². The normalized spacial score (nSPS) is 14.2. The molecule has 0 unspecified atom stereocenters. The van der Waals surface area contributed by atoms with Crippen LogP contribution < -0.4 is 9.64 Å². The Hall–Kier alpha value is -1.84. The lowest BCUT2D eigenvalue weighted by Crippen LogP contribution is -2.39. The number of morpholine rings is 1. The highest BCUT2D eigenvalue weighted by Gasteiger charge is 2.23. The minimum atomic E-state index is -0.00190. The number of aromatic nitrogens is 1. The van der Waals surface area contributed by atoms with Gasteiger partial charge in [0, 0.05) is 31.1 Å². The van der Waals surface area contributed by atoms with Crippen LogP contribution in [0.5, 0.6) is 5.75 Å². The van der Waals surface area contributed by atoms with Crippen molar-refractivity contribution in [3.63, 3.8) is 0 Å². The topological polar surface area (TPSA) is 54.9 Å². The molecule has 3 aromatic rings. The number of fused-ring (bicyclic) bond motifs is 1. The van der Waals surface area contributed by atoms with Crippen LogP contribution in [0.1, 0.15) is 16.8 Å². The number of carbonyl (C=O) groups excluding carboxylic acids is 1. The molecule has 2 aromatic carbocycles. The molecule has 1 aromatic heterocycles. The molecule has 6 nitrogen and oxygen atoms in total. The fourth-order valence-corrected chi connectivity index (χ4v) is 5.27. The maximum Gasteiger partial charge on any atom is 0.261 e. The number of methoxy groups -OCH3 is 1. The second-order valence-corrected chi connectivity index (χ2v) is 9.15. The molecule has 0 radical (unpaired) electrons. The molecule has 0 atom stereocenters. The minimum Gasteiger partial charge on any atom is -0.497 e. The van der Waals surface area contributed by atoms with E-state index in [4.69, 9.17) is 14.5 Å². The number of nitrogens with zero attached hydrogens (tertiary/aromatic N) is 3. The van der Waals surface area contributed by atoms with Crippen LogP contribution in [0.4, 0.5) is 5.13 Å². The van der Waals surface area contributed by atoms with Crippen LogP contribution in [0, 0.1) is 0 Å². The number of thiazole rings is 1. The number of ether oxygens (including phenoxy) is 2. The van der Waals surface area contributed by atoms with Crippen molar-refractivity contribution in [3.05, 3.63) is 48.0 Å². The van der Waals surface area contributed by atoms with Crippen molar-refractivity contribution in [1.29, 1.82) is 0 Å². The highest BCUT2D eigenvalue weighted by Crippen LogP contribution is 2.33. The van der Waals surface area contributed by atoms with E-state index in [0.29, 0.717) is 6.54 Å². The summed E-state index contributed by atoms with van der Waals surface area (Å²) in [5.74, 6) is 0.790. The maximum atomic E-state index is 13.6. The lowest BCUT2D eigenvalue weighted by atomic mass is 10.2. The fraction of sp³-hybridized carbons (Fsp3) is 0.391. The summed E-state index contributed by atoms with van der Waals surface area (Å²) >= 11 is 3.12. The smallest absolute Gasteiger partial charge is 0.261 e. The molecule has 1 saturated heterocycles. The summed E-state index contributed by atoms with van der Waals surface area (Å²) in [4.78, 5) is 23.6. The van der Waals surface area contributed by atoms with E-state index in [-0.39, 0.29) is 18.3 Å². The Balaban J connectivity index is 0.00000289. The molecule has 0 spiro atoms. The van der Waals surface area contributed by atoms with Gasteiger partial charge in [0.05, 0.1) is 36.1 Å². The second-order valence-electron chi connectivity index (χ2n) is 7.29. The van der Waals surface area contributed by atoms with Gasteiger partial charge >= 0.3 is 0 Å². The summed E-state index contributed by atoms with van der Waals surface area (Å²) in [6, 6.07) is 13.6. The Labute approximate surface area is 203 Å². The predicted octanol–water partition coefficient (Wildman–Crippen LogP) is 4.82. The molecule has 1 aliphatic rings. The van der Waals surface area contributed by atoms with E-state index < -0.39 is 0 Å². The molecule has 2 heterocycles. The van der Waals surface area contributed by atoms with Gasteiger partial charge in [-0.1, -0.05) is 23.5 Å². The summed E-state index contributed by atoms with van der Waals surface area (Å²) < 4.78 is 11.8. The van der Waals surface area contributed by atoms with Gasteiger partial charge in [0.25, 0.3) is 5.91 Å². The average molecular weight is 494 g/mol. The van der Waals surface area contributed by atoms with Crippen LogP contribution in [-0.2, 0) is 4.74 Å². The van der Waals surface area contributed by atoms with Crippen molar-refractivity contribution in [2.45, 2.75) is 11.3 Å². The zero-order chi connectivity index (χ0) is 21.6. The quantitative estimate of drug-likeness (QED) is 0.419. The molecule has 0 aliphatic carbocycles. The number of halogens is 1.